The number of fused-ring (bicyclic) bond motifs is 2. The van der Waals surface area contributed by atoms with Crippen LogP contribution in [0, 0.1) is 12.8 Å². The molecule has 6 nitrogen and oxygen atoms in total. The molecule has 3 heterocycles. The predicted molar refractivity (Wildman–Crippen MR) is 117 cm³/mol. The quantitative estimate of drug-likeness (QED) is 0.736. The number of amides is 1. The second kappa shape index (κ2) is 9.21. The molecule has 0 radical (unpaired) electrons. The zero-order valence-electron chi connectivity index (χ0n) is 18.0. The summed E-state index contributed by atoms with van der Waals surface area (Å²) in [5.74, 6) is 1.02. The molecule has 2 aliphatic rings. The van der Waals surface area contributed by atoms with Gasteiger partial charge in [-0.1, -0.05) is 13.3 Å². The van der Waals surface area contributed by atoms with Gasteiger partial charge in [-0.3, -0.25) is 4.79 Å². The van der Waals surface area contributed by atoms with Crippen molar-refractivity contribution in [2.75, 3.05) is 26.2 Å². The number of hydrogen-bond acceptors (Lipinski definition) is 5. The van der Waals surface area contributed by atoms with Crippen molar-refractivity contribution in [2.45, 2.75) is 58.4 Å². The Morgan fingerprint density at radius 1 is 1.20 bits per heavy atom. The third-order valence-corrected chi connectivity index (χ3v) is 6.56. The molecule has 2 aliphatic heterocycles. The number of nitrogens with one attached hydrogen (secondary N) is 1. The zero-order chi connectivity index (χ0) is 21.1. The summed E-state index contributed by atoms with van der Waals surface area (Å²) < 4.78 is 11.3. The first-order valence-corrected chi connectivity index (χ1v) is 11.3. The summed E-state index contributed by atoms with van der Waals surface area (Å²) in [5.41, 5.74) is 1.94. The molecule has 30 heavy (non-hydrogen) atoms. The monoisotopic (exact) mass is 412 g/mol. The van der Waals surface area contributed by atoms with Gasteiger partial charge in [-0.25, -0.2) is 4.79 Å². The van der Waals surface area contributed by atoms with Gasteiger partial charge in [0.1, 0.15) is 11.3 Å². The number of piperidine rings is 2. The Morgan fingerprint density at radius 3 is 2.87 bits per heavy atom. The van der Waals surface area contributed by atoms with Crippen LogP contribution in [0.2, 0.25) is 0 Å². The van der Waals surface area contributed by atoms with Gasteiger partial charge in [0.25, 0.3) is 5.91 Å². The lowest BCUT2D eigenvalue weighted by Gasteiger charge is -2.44. The van der Waals surface area contributed by atoms with Crippen LogP contribution in [0.15, 0.2) is 27.4 Å². The van der Waals surface area contributed by atoms with Gasteiger partial charge in [-0.05, 0) is 81.3 Å². The Morgan fingerprint density at radius 2 is 2.03 bits per heavy atom. The molecule has 0 saturated carbocycles. The first kappa shape index (κ1) is 20.9. The zero-order valence-corrected chi connectivity index (χ0v) is 18.0. The fraction of sp³-hybridized carbons (Fsp3) is 0.583. The summed E-state index contributed by atoms with van der Waals surface area (Å²) in [5, 5.41) is 3.87. The summed E-state index contributed by atoms with van der Waals surface area (Å²) in [7, 11) is 0. The van der Waals surface area contributed by atoms with Crippen molar-refractivity contribution in [1.29, 1.82) is 0 Å². The number of hydrogen-bond donors (Lipinski definition) is 1. The molecule has 0 bridgehead atoms. The molecule has 2 aromatic rings. The van der Waals surface area contributed by atoms with Gasteiger partial charge in [-0.15, -0.1) is 0 Å². The molecule has 2 fully saturated rings. The van der Waals surface area contributed by atoms with Gasteiger partial charge in [0.15, 0.2) is 6.61 Å². The average molecular weight is 413 g/mol. The molecular weight excluding hydrogens is 380 g/mol. The molecule has 162 valence electrons. The van der Waals surface area contributed by atoms with Crippen molar-refractivity contribution >= 4 is 16.9 Å². The van der Waals surface area contributed by atoms with Crippen molar-refractivity contribution < 1.29 is 13.9 Å². The third-order valence-electron chi connectivity index (χ3n) is 6.56. The van der Waals surface area contributed by atoms with Gasteiger partial charge in [0.05, 0.1) is 5.39 Å². The van der Waals surface area contributed by atoms with Gasteiger partial charge in [0.2, 0.25) is 0 Å². The van der Waals surface area contributed by atoms with E-state index in [1.807, 2.05) is 26.0 Å². The lowest BCUT2D eigenvalue weighted by Crippen LogP contribution is -2.51. The van der Waals surface area contributed by atoms with Crippen LogP contribution >= 0.6 is 0 Å². The van der Waals surface area contributed by atoms with E-state index >= 15 is 0 Å². The Balaban J connectivity index is 1.40. The number of aryl methyl sites for hydroxylation is 2. The second-order valence-corrected chi connectivity index (χ2v) is 8.67. The topological polar surface area (TPSA) is 71.8 Å². The molecule has 0 unspecified atom stereocenters. The molecule has 6 heteroatoms. The maximum Gasteiger partial charge on any atom is 0.336 e. The van der Waals surface area contributed by atoms with E-state index in [2.05, 4.69) is 10.2 Å². The highest BCUT2D eigenvalue weighted by molar-refractivity contribution is 5.88. The predicted octanol–water partition coefficient (Wildman–Crippen LogP) is 3.42. The third kappa shape index (κ3) is 4.53. The van der Waals surface area contributed by atoms with E-state index in [9.17, 15) is 9.59 Å². The highest BCUT2D eigenvalue weighted by Crippen LogP contribution is 2.31. The number of benzene rings is 1. The maximum absolute atomic E-state index is 12.5. The van der Waals surface area contributed by atoms with Crippen LogP contribution in [0.4, 0.5) is 0 Å². The van der Waals surface area contributed by atoms with Crippen molar-refractivity contribution in [1.82, 2.24) is 10.2 Å². The average Bonchev–Trinajstić information content (AvgIpc) is 2.74. The number of rotatable bonds is 6. The first-order valence-electron chi connectivity index (χ1n) is 11.3. The molecule has 1 N–H and O–H groups in total. The first-order chi connectivity index (χ1) is 14.5. The number of ether oxygens (including phenoxy) is 1. The van der Waals surface area contributed by atoms with Gasteiger partial charge in [0, 0.05) is 18.7 Å². The second-order valence-electron chi connectivity index (χ2n) is 8.67. The summed E-state index contributed by atoms with van der Waals surface area (Å²) in [6.07, 6.45) is 6.93. The van der Waals surface area contributed by atoms with Crippen LogP contribution in [-0.2, 0) is 11.2 Å². The van der Waals surface area contributed by atoms with Crippen LogP contribution in [0.25, 0.3) is 11.0 Å². The Labute approximate surface area is 177 Å². The molecule has 0 spiro atoms. The highest BCUT2D eigenvalue weighted by atomic mass is 16.5. The standard InChI is InChI=1S/C24H32N2O4/c1-3-17-13-23(28)30-21-12-16(2)11-20(24(17)21)29-15-22(27)25-14-18-7-6-10-26-9-5-4-8-19(18)26/h11-13,18-19H,3-10,14-15H2,1-2H3,(H,25,27)/t18-,19+/m0/s1. The molecule has 2 saturated heterocycles. The van der Waals surface area contributed by atoms with E-state index in [4.69, 9.17) is 9.15 Å². The Kier molecular flexibility index (Phi) is 6.42. The van der Waals surface area contributed by atoms with Gasteiger partial charge in [-0.2, -0.15) is 0 Å². The van der Waals surface area contributed by atoms with E-state index in [0.29, 0.717) is 36.3 Å². The lowest BCUT2D eigenvalue weighted by atomic mass is 9.83. The van der Waals surface area contributed by atoms with Crippen molar-refractivity contribution in [2.24, 2.45) is 5.92 Å². The van der Waals surface area contributed by atoms with E-state index < -0.39 is 0 Å². The van der Waals surface area contributed by atoms with Crippen molar-refractivity contribution in [3.8, 4) is 5.75 Å². The highest BCUT2D eigenvalue weighted by Gasteiger charge is 2.32. The fourth-order valence-electron chi connectivity index (χ4n) is 5.12. The molecule has 1 aromatic heterocycles. The number of carbonyl (C=O) groups excluding carboxylic acids is 1. The molecule has 1 amide bonds. The minimum Gasteiger partial charge on any atom is -0.483 e. The minimum atomic E-state index is -0.363. The molecule has 1 aromatic carbocycles. The Bertz CT molecular complexity index is 966. The SMILES string of the molecule is CCc1cc(=O)oc2cc(C)cc(OCC(=O)NC[C@@H]3CCCN4CCCC[C@H]34)c12. The number of nitrogens with zero attached hydrogens (tertiary/aromatic N) is 1. The van der Waals surface area contributed by atoms with Crippen LogP contribution in [0.3, 0.4) is 0 Å². The van der Waals surface area contributed by atoms with Gasteiger partial charge >= 0.3 is 5.63 Å². The van der Waals surface area contributed by atoms with E-state index in [-0.39, 0.29) is 18.1 Å². The lowest BCUT2D eigenvalue weighted by molar-refractivity contribution is -0.123. The van der Waals surface area contributed by atoms with Crippen molar-refractivity contribution in [3.05, 3.63) is 39.7 Å². The van der Waals surface area contributed by atoms with Crippen LogP contribution in [-0.4, -0.2) is 43.1 Å². The van der Waals surface area contributed by atoms with Crippen LogP contribution in [0.5, 0.6) is 5.75 Å². The van der Waals surface area contributed by atoms with E-state index in [0.717, 1.165) is 16.5 Å². The largest absolute Gasteiger partial charge is 0.483 e. The summed E-state index contributed by atoms with van der Waals surface area (Å²) >= 11 is 0. The summed E-state index contributed by atoms with van der Waals surface area (Å²) in [6, 6.07) is 5.85. The summed E-state index contributed by atoms with van der Waals surface area (Å²) in [6.45, 7) is 6.99. The molecular formula is C24H32N2O4. The van der Waals surface area contributed by atoms with E-state index in [1.54, 1.807) is 0 Å². The Hall–Kier alpha value is -2.34. The molecule has 2 atom stereocenters. The smallest absolute Gasteiger partial charge is 0.336 e. The van der Waals surface area contributed by atoms with Gasteiger partial charge < -0.3 is 19.4 Å². The molecule has 0 aliphatic carbocycles. The number of carbonyl (C=O) groups is 1. The van der Waals surface area contributed by atoms with E-state index in [1.165, 1.54) is 51.3 Å². The molecule has 4 rings (SSSR count). The normalized spacial score (nSPS) is 21.9. The van der Waals surface area contributed by atoms with Crippen LogP contribution in [0.1, 0.15) is 50.2 Å². The minimum absolute atomic E-state index is 0.0397. The van der Waals surface area contributed by atoms with Crippen molar-refractivity contribution in [3.63, 3.8) is 0 Å². The maximum atomic E-state index is 12.5. The fourth-order valence-corrected chi connectivity index (χ4v) is 5.12. The summed E-state index contributed by atoms with van der Waals surface area (Å²) in [4.78, 5) is 26.9. The van der Waals surface area contributed by atoms with Crippen LogP contribution < -0.4 is 15.7 Å².